The number of carbonyl (C=O) groups excluding carboxylic acids is 1. The van der Waals surface area contributed by atoms with Gasteiger partial charge >= 0.3 is 5.97 Å². The average molecular weight is 338 g/mol. The fraction of sp³-hybridized carbons (Fsp3) is 0. The van der Waals surface area contributed by atoms with Crippen molar-refractivity contribution in [3.05, 3.63) is 86.5 Å². The van der Waals surface area contributed by atoms with Crippen molar-refractivity contribution >= 4 is 28.1 Å². The van der Waals surface area contributed by atoms with Crippen LogP contribution in [0.1, 0.15) is 10.4 Å². The summed E-state index contributed by atoms with van der Waals surface area (Å²) in [6.45, 7) is 0. The van der Waals surface area contributed by atoms with Gasteiger partial charge in [-0.2, -0.15) is 0 Å². The highest BCUT2D eigenvalue weighted by atomic mass is 16.6. The monoisotopic (exact) mass is 338 g/mol. The normalized spacial score (nSPS) is 10.4. The van der Waals surface area contributed by atoms with Crippen molar-refractivity contribution in [2.45, 2.75) is 0 Å². The summed E-state index contributed by atoms with van der Waals surface area (Å²) in [4.78, 5) is 32.4. The fourth-order valence-electron chi connectivity index (χ4n) is 2.32. The fourth-order valence-corrected chi connectivity index (χ4v) is 2.32. The van der Waals surface area contributed by atoms with Gasteiger partial charge < -0.3 is 4.74 Å². The van der Waals surface area contributed by atoms with Crippen LogP contribution in [-0.2, 0) is 0 Å². The maximum absolute atomic E-state index is 12.2. The number of rotatable bonds is 4. The highest BCUT2D eigenvalue weighted by Gasteiger charge is 2.21. The molecule has 0 aromatic heterocycles. The Bertz CT molecular complexity index is 983. The van der Waals surface area contributed by atoms with Crippen molar-refractivity contribution in [3.8, 4) is 5.75 Å². The highest BCUT2D eigenvalue weighted by Crippen LogP contribution is 2.25. The van der Waals surface area contributed by atoms with Crippen LogP contribution in [0, 0.1) is 20.2 Å². The third-order valence-electron chi connectivity index (χ3n) is 3.49. The highest BCUT2D eigenvalue weighted by molar-refractivity contribution is 5.93. The predicted molar refractivity (Wildman–Crippen MR) is 88.7 cm³/mol. The number of nitro benzene ring substituents is 2. The molecule has 3 aromatic carbocycles. The van der Waals surface area contributed by atoms with Crippen molar-refractivity contribution < 1.29 is 19.4 Å². The number of nitrogens with zero attached hydrogens (tertiary/aromatic N) is 2. The molecule has 0 saturated carbocycles. The second kappa shape index (κ2) is 6.36. The summed E-state index contributed by atoms with van der Waals surface area (Å²) in [6.07, 6.45) is 0. The van der Waals surface area contributed by atoms with Gasteiger partial charge in [0.2, 0.25) is 0 Å². The lowest BCUT2D eigenvalue weighted by Gasteiger charge is -2.06. The molecule has 25 heavy (non-hydrogen) atoms. The Kier molecular flexibility index (Phi) is 4.09. The molecule has 0 unspecified atom stereocenters. The van der Waals surface area contributed by atoms with Gasteiger partial charge in [-0.25, -0.2) is 4.79 Å². The number of ether oxygens (including phenoxy) is 1. The summed E-state index contributed by atoms with van der Waals surface area (Å²) in [5.74, 6) is -0.681. The minimum absolute atomic E-state index is 0.234. The third-order valence-corrected chi connectivity index (χ3v) is 3.49. The van der Waals surface area contributed by atoms with Crippen LogP contribution in [0.5, 0.6) is 5.75 Å². The molecule has 0 saturated heterocycles. The lowest BCUT2D eigenvalue weighted by Crippen LogP contribution is -2.09. The van der Waals surface area contributed by atoms with Crippen LogP contribution in [0.2, 0.25) is 0 Å². The predicted octanol–water partition coefficient (Wildman–Crippen LogP) is 3.88. The Labute approximate surface area is 140 Å². The van der Waals surface area contributed by atoms with E-state index >= 15 is 0 Å². The molecule has 0 bridgehead atoms. The van der Waals surface area contributed by atoms with Gasteiger partial charge in [0.25, 0.3) is 11.4 Å². The average Bonchev–Trinajstić information content (AvgIpc) is 2.61. The molecule has 0 fully saturated rings. The van der Waals surface area contributed by atoms with Crippen LogP contribution < -0.4 is 4.74 Å². The van der Waals surface area contributed by atoms with Gasteiger partial charge in [0.1, 0.15) is 5.75 Å². The minimum Gasteiger partial charge on any atom is -0.423 e. The van der Waals surface area contributed by atoms with E-state index in [-0.39, 0.29) is 11.3 Å². The van der Waals surface area contributed by atoms with E-state index < -0.39 is 27.2 Å². The van der Waals surface area contributed by atoms with E-state index in [1.807, 2.05) is 24.3 Å². The summed E-state index contributed by atoms with van der Waals surface area (Å²) in [7, 11) is 0. The van der Waals surface area contributed by atoms with Gasteiger partial charge in [-0.15, -0.1) is 0 Å². The summed E-state index contributed by atoms with van der Waals surface area (Å²) < 4.78 is 5.19. The Morgan fingerprint density at radius 2 is 1.40 bits per heavy atom. The van der Waals surface area contributed by atoms with E-state index in [0.29, 0.717) is 0 Å². The van der Waals surface area contributed by atoms with E-state index in [0.717, 1.165) is 29.0 Å². The molecular formula is C17H10N2O6. The molecule has 0 aliphatic heterocycles. The van der Waals surface area contributed by atoms with E-state index in [2.05, 4.69) is 0 Å². The van der Waals surface area contributed by atoms with Crippen LogP contribution in [0.15, 0.2) is 60.7 Å². The maximum atomic E-state index is 12.2. The molecule has 124 valence electrons. The van der Waals surface area contributed by atoms with E-state index in [4.69, 9.17) is 4.74 Å². The Balaban J connectivity index is 1.94. The number of esters is 1. The third kappa shape index (κ3) is 3.42. The summed E-state index contributed by atoms with van der Waals surface area (Å²) in [5.41, 5.74) is -1.38. The number of fused-ring (bicyclic) bond motifs is 1. The molecular weight excluding hydrogens is 328 g/mol. The first-order valence-corrected chi connectivity index (χ1v) is 7.09. The van der Waals surface area contributed by atoms with Gasteiger partial charge in [0.15, 0.2) is 0 Å². The molecule has 0 spiro atoms. The number of carbonyl (C=O) groups is 1. The SMILES string of the molecule is O=C(Oc1ccc2ccccc2c1)c1cc([N+](=O)[O-])cc([N+](=O)[O-])c1. The van der Waals surface area contributed by atoms with Gasteiger partial charge in [0, 0.05) is 12.1 Å². The van der Waals surface area contributed by atoms with Gasteiger partial charge in [0.05, 0.1) is 21.5 Å². The Morgan fingerprint density at radius 3 is 2.00 bits per heavy atom. The second-order valence-corrected chi connectivity index (χ2v) is 5.15. The molecule has 0 aliphatic rings. The zero-order chi connectivity index (χ0) is 18.0. The lowest BCUT2D eigenvalue weighted by molar-refractivity contribution is -0.394. The molecule has 0 atom stereocenters. The lowest BCUT2D eigenvalue weighted by atomic mass is 10.1. The second-order valence-electron chi connectivity index (χ2n) is 5.15. The standard InChI is InChI=1S/C17H10N2O6/c20-17(13-7-14(18(21)22)10-15(8-13)19(23)24)25-16-6-5-11-3-1-2-4-12(11)9-16/h1-10H. The zero-order valence-electron chi connectivity index (χ0n) is 12.6. The number of benzene rings is 3. The summed E-state index contributed by atoms with van der Waals surface area (Å²) >= 11 is 0. The molecule has 8 nitrogen and oxygen atoms in total. The van der Waals surface area contributed by atoms with E-state index in [1.165, 1.54) is 0 Å². The molecule has 3 rings (SSSR count). The largest absolute Gasteiger partial charge is 0.423 e. The summed E-state index contributed by atoms with van der Waals surface area (Å²) in [5, 5.41) is 23.6. The molecule has 0 heterocycles. The first kappa shape index (κ1) is 16.1. The number of hydrogen-bond donors (Lipinski definition) is 0. The molecule has 0 N–H and O–H groups in total. The van der Waals surface area contributed by atoms with Crippen molar-refractivity contribution in [3.63, 3.8) is 0 Å². The minimum atomic E-state index is -0.915. The molecule has 3 aromatic rings. The first-order valence-electron chi connectivity index (χ1n) is 7.09. The van der Waals surface area contributed by atoms with Crippen molar-refractivity contribution in [1.82, 2.24) is 0 Å². The van der Waals surface area contributed by atoms with Gasteiger partial charge in [-0.05, 0) is 22.9 Å². The van der Waals surface area contributed by atoms with Crippen LogP contribution in [0.4, 0.5) is 11.4 Å². The molecule has 0 amide bonds. The molecule has 0 radical (unpaired) electrons. The van der Waals surface area contributed by atoms with Crippen molar-refractivity contribution in [2.24, 2.45) is 0 Å². The smallest absolute Gasteiger partial charge is 0.344 e. The molecule has 0 aliphatic carbocycles. The van der Waals surface area contributed by atoms with Crippen LogP contribution in [-0.4, -0.2) is 15.8 Å². The van der Waals surface area contributed by atoms with Crippen LogP contribution in [0.25, 0.3) is 10.8 Å². The first-order chi connectivity index (χ1) is 11.9. The van der Waals surface area contributed by atoms with E-state index in [1.54, 1.807) is 18.2 Å². The van der Waals surface area contributed by atoms with Crippen molar-refractivity contribution in [1.29, 1.82) is 0 Å². The van der Waals surface area contributed by atoms with Crippen LogP contribution >= 0.6 is 0 Å². The van der Waals surface area contributed by atoms with Crippen LogP contribution in [0.3, 0.4) is 0 Å². The quantitative estimate of drug-likeness (QED) is 0.309. The van der Waals surface area contributed by atoms with E-state index in [9.17, 15) is 25.0 Å². The van der Waals surface area contributed by atoms with Gasteiger partial charge in [-0.3, -0.25) is 20.2 Å². The number of hydrogen-bond acceptors (Lipinski definition) is 6. The topological polar surface area (TPSA) is 113 Å². The maximum Gasteiger partial charge on any atom is 0.344 e. The Hall–Kier alpha value is -3.81. The molecule has 8 heteroatoms. The zero-order valence-corrected chi connectivity index (χ0v) is 12.6. The van der Waals surface area contributed by atoms with Gasteiger partial charge in [-0.1, -0.05) is 30.3 Å². The summed E-state index contributed by atoms with van der Waals surface area (Å²) in [6, 6.07) is 15.1. The Morgan fingerprint density at radius 1 is 0.800 bits per heavy atom. The number of non-ortho nitro benzene ring substituents is 2. The number of nitro groups is 2. The van der Waals surface area contributed by atoms with Crippen molar-refractivity contribution in [2.75, 3.05) is 0 Å².